The van der Waals surface area contributed by atoms with Crippen molar-refractivity contribution in [3.63, 3.8) is 0 Å². The van der Waals surface area contributed by atoms with Crippen molar-refractivity contribution in [3.8, 4) is 0 Å². The Bertz CT molecular complexity index is 720. The molecule has 0 aromatic heterocycles. The van der Waals surface area contributed by atoms with E-state index in [0.717, 1.165) is 12.0 Å². The fourth-order valence-corrected chi connectivity index (χ4v) is 2.91. The van der Waals surface area contributed by atoms with E-state index in [1.54, 1.807) is 12.1 Å². The summed E-state index contributed by atoms with van der Waals surface area (Å²) in [5.41, 5.74) is 1.50. The minimum absolute atomic E-state index is 0.117. The molecule has 0 spiro atoms. The van der Waals surface area contributed by atoms with Gasteiger partial charge in [0, 0.05) is 13.0 Å². The number of halogens is 1. The maximum Gasteiger partial charge on any atom is 0.319 e. The van der Waals surface area contributed by atoms with E-state index < -0.39 is 17.4 Å². The van der Waals surface area contributed by atoms with Gasteiger partial charge in [-0.2, -0.15) is 0 Å². The molecule has 1 atom stereocenters. The average Bonchev–Trinajstić information content (AvgIpc) is 2.55. The van der Waals surface area contributed by atoms with Crippen LogP contribution in [0.1, 0.15) is 17.5 Å². The highest BCUT2D eigenvalue weighted by Gasteiger charge is 2.32. The molecule has 0 saturated heterocycles. The molecule has 0 fully saturated rings. The zero-order valence-corrected chi connectivity index (χ0v) is 12.7. The average molecular weight is 314 g/mol. The van der Waals surface area contributed by atoms with Crippen molar-refractivity contribution in [1.29, 1.82) is 0 Å². The minimum atomic E-state index is -0.971. The molecule has 4 nitrogen and oxygen atoms in total. The van der Waals surface area contributed by atoms with Gasteiger partial charge in [0.1, 0.15) is 5.82 Å². The number of rotatable bonds is 3. The third kappa shape index (κ3) is 3.68. The SMILES string of the molecule is O=C(NCC1(O)CCc2ccccc2C1)Nc1ccccc1F. The number of carbonyl (C=O) groups excluding carboxylic acids is 1. The summed E-state index contributed by atoms with van der Waals surface area (Å²) >= 11 is 0. The summed E-state index contributed by atoms with van der Waals surface area (Å²) in [6, 6.07) is 13.4. The first kappa shape index (κ1) is 15.5. The summed E-state index contributed by atoms with van der Waals surface area (Å²) in [5, 5.41) is 15.8. The topological polar surface area (TPSA) is 61.4 Å². The molecule has 1 aliphatic carbocycles. The van der Waals surface area contributed by atoms with E-state index in [4.69, 9.17) is 0 Å². The van der Waals surface area contributed by atoms with Crippen LogP contribution in [-0.2, 0) is 12.8 Å². The highest BCUT2D eigenvalue weighted by atomic mass is 19.1. The van der Waals surface area contributed by atoms with E-state index >= 15 is 0 Å². The molecule has 1 unspecified atom stereocenters. The smallest absolute Gasteiger partial charge is 0.319 e. The molecule has 23 heavy (non-hydrogen) atoms. The molecular weight excluding hydrogens is 295 g/mol. The molecule has 0 aliphatic heterocycles. The van der Waals surface area contributed by atoms with Gasteiger partial charge in [-0.1, -0.05) is 36.4 Å². The van der Waals surface area contributed by atoms with Crippen molar-refractivity contribution in [2.75, 3.05) is 11.9 Å². The highest BCUT2D eigenvalue weighted by Crippen LogP contribution is 2.28. The van der Waals surface area contributed by atoms with E-state index in [0.29, 0.717) is 12.8 Å². The Balaban J connectivity index is 1.58. The lowest BCUT2D eigenvalue weighted by atomic mass is 9.80. The van der Waals surface area contributed by atoms with E-state index in [2.05, 4.69) is 16.7 Å². The number of nitrogens with one attached hydrogen (secondary N) is 2. The Kier molecular flexibility index (Phi) is 4.30. The molecular formula is C18H19FN2O2. The Morgan fingerprint density at radius 1 is 1.13 bits per heavy atom. The zero-order chi connectivity index (χ0) is 16.3. The van der Waals surface area contributed by atoms with Gasteiger partial charge in [0.25, 0.3) is 0 Å². The molecule has 0 heterocycles. The van der Waals surface area contributed by atoms with Gasteiger partial charge in [-0.3, -0.25) is 0 Å². The summed E-state index contributed by atoms with van der Waals surface area (Å²) < 4.78 is 13.5. The molecule has 2 aromatic carbocycles. The Morgan fingerprint density at radius 3 is 2.61 bits per heavy atom. The summed E-state index contributed by atoms with van der Waals surface area (Å²) in [5.74, 6) is -0.493. The number of amides is 2. The Labute approximate surface area is 134 Å². The number of aliphatic hydroxyl groups is 1. The lowest BCUT2D eigenvalue weighted by molar-refractivity contribution is 0.0295. The number of hydrogen-bond acceptors (Lipinski definition) is 2. The van der Waals surface area contributed by atoms with Crippen molar-refractivity contribution in [1.82, 2.24) is 5.32 Å². The van der Waals surface area contributed by atoms with Crippen molar-refractivity contribution in [2.24, 2.45) is 0 Å². The van der Waals surface area contributed by atoms with Gasteiger partial charge in [-0.25, -0.2) is 9.18 Å². The second kappa shape index (κ2) is 6.38. The van der Waals surface area contributed by atoms with Crippen LogP contribution in [0.5, 0.6) is 0 Å². The fourth-order valence-electron chi connectivity index (χ4n) is 2.91. The first-order valence-electron chi connectivity index (χ1n) is 7.64. The van der Waals surface area contributed by atoms with Crippen LogP contribution in [0.3, 0.4) is 0 Å². The Hall–Kier alpha value is -2.40. The molecule has 0 bridgehead atoms. The number of benzene rings is 2. The third-order valence-electron chi connectivity index (χ3n) is 4.20. The monoisotopic (exact) mass is 314 g/mol. The first-order chi connectivity index (χ1) is 11.1. The van der Waals surface area contributed by atoms with Crippen LogP contribution in [-0.4, -0.2) is 23.3 Å². The summed E-state index contributed by atoms with van der Waals surface area (Å²) in [6.45, 7) is 0.127. The zero-order valence-electron chi connectivity index (χ0n) is 12.7. The van der Waals surface area contributed by atoms with Crippen molar-refractivity contribution in [3.05, 3.63) is 65.5 Å². The third-order valence-corrected chi connectivity index (χ3v) is 4.20. The van der Waals surface area contributed by atoms with Crippen molar-refractivity contribution < 1.29 is 14.3 Å². The van der Waals surface area contributed by atoms with Crippen LogP contribution < -0.4 is 10.6 Å². The fraction of sp³-hybridized carbons (Fsp3) is 0.278. The molecule has 2 amide bonds. The number of carbonyl (C=O) groups is 1. The summed E-state index contributed by atoms with van der Waals surface area (Å²) in [4.78, 5) is 11.9. The van der Waals surface area contributed by atoms with Gasteiger partial charge in [0.2, 0.25) is 0 Å². The normalized spacial score (nSPS) is 19.7. The molecule has 3 rings (SSSR count). The van der Waals surface area contributed by atoms with Gasteiger partial charge in [0.15, 0.2) is 0 Å². The maximum atomic E-state index is 13.5. The van der Waals surface area contributed by atoms with E-state index in [1.807, 2.05) is 18.2 Å². The molecule has 5 heteroatoms. The number of hydrogen-bond donors (Lipinski definition) is 3. The molecule has 1 aliphatic rings. The predicted octanol–water partition coefficient (Wildman–Crippen LogP) is 2.87. The minimum Gasteiger partial charge on any atom is -0.388 e. The van der Waals surface area contributed by atoms with Crippen LogP contribution in [0.4, 0.5) is 14.9 Å². The molecule has 2 aromatic rings. The van der Waals surface area contributed by atoms with Crippen LogP contribution in [0.25, 0.3) is 0 Å². The van der Waals surface area contributed by atoms with Gasteiger partial charge in [-0.15, -0.1) is 0 Å². The lowest BCUT2D eigenvalue weighted by Gasteiger charge is -2.33. The van der Waals surface area contributed by atoms with Crippen LogP contribution in [0.2, 0.25) is 0 Å². The number of anilines is 1. The number of fused-ring (bicyclic) bond motifs is 1. The standard InChI is InChI=1S/C18H19FN2O2/c19-15-7-3-4-8-16(15)21-17(22)20-12-18(23)10-9-13-5-1-2-6-14(13)11-18/h1-8,23H,9-12H2,(H2,20,21,22). The van der Waals surface area contributed by atoms with Crippen LogP contribution in [0, 0.1) is 5.82 Å². The van der Waals surface area contributed by atoms with E-state index in [-0.39, 0.29) is 12.2 Å². The van der Waals surface area contributed by atoms with Gasteiger partial charge in [0.05, 0.1) is 11.3 Å². The van der Waals surface area contributed by atoms with Crippen LogP contribution in [0.15, 0.2) is 48.5 Å². The molecule has 0 radical (unpaired) electrons. The highest BCUT2D eigenvalue weighted by molar-refractivity contribution is 5.89. The second-order valence-corrected chi connectivity index (χ2v) is 5.96. The largest absolute Gasteiger partial charge is 0.388 e. The second-order valence-electron chi connectivity index (χ2n) is 5.96. The van der Waals surface area contributed by atoms with Gasteiger partial charge >= 0.3 is 6.03 Å². The number of urea groups is 1. The number of aryl methyl sites for hydroxylation is 1. The summed E-state index contributed by atoms with van der Waals surface area (Å²) in [6.07, 6.45) is 1.87. The maximum absolute atomic E-state index is 13.5. The molecule has 3 N–H and O–H groups in total. The van der Waals surface area contributed by atoms with Crippen molar-refractivity contribution >= 4 is 11.7 Å². The molecule has 120 valence electrons. The summed E-state index contributed by atoms with van der Waals surface area (Å²) in [7, 11) is 0. The first-order valence-corrected chi connectivity index (χ1v) is 7.64. The van der Waals surface area contributed by atoms with Crippen LogP contribution >= 0.6 is 0 Å². The number of para-hydroxylation sites is 1. The van der Waals surface area contributed by atoms with Gasteiger partial charge in [-0.05, 0) is 36.1 Å². The Morgan fingerprint density at radius 2 is 1.83 bits per heavy atom. The quantitative estimate of drug-likeness (QED) is 0.816. The van der Waals surface area contributed by atoms with E-state index in [1.165, 1.54) is 17.7 Å². The van der Waals surface area contributed by atoms with E-state index in [9.17, 15) is 14.3 Å². The molecule has 0 saturated carbocycles. The van der Waals surface area contributed by atoms with Gasteiger partial charge < -0.3 is 15.7 Å². The predicted molar refractivity (Wildman–Crippen MR) is 86.8 cm³/mol. The lowest BCUT2D eigenvalue weighted by Crippen LogP contribution is -2.47. The van der Waals surface area contributed by atoms with Crippen molar-refractivity contribution in [2.45, 2.75) is 24.9 Å².